The number of benzene rings is 1. The van der Waals surface area contributed by atoms with Gasteiger partial charge in [0.05, 0.1) is 16.2 Å². The average Bonchev–Trinajstić information content (AvgIpc) is 3.19. The van der Waals surface area contributed by atoms with Crippen molar-refractivity contribution in [2.75, 3.05) is 7.05 Å². The molecule has 7 nitrogen and oxygen atoms in total. The van der Waals surface area contributed by atoms with Crippen LogP contribution in [0, 0.1) is 0 Å². The van der Waals surface area contributed by atoms with E-state index in [2.05, 4.69) is 16.8 Å². The minimum Gasteiger partial charge on any atom is -0.342 e. The van der Waals surface area contributed by atoms with E-state index in [1.54, 1.807) is 16.7 Å². The fourth-order valence-electron chi connectivity index (χ4n) is 4.25. The summed E-state index contributed by atoms with van der Waals surface area (Å²) in [7, 11) is 1.91. The Hall–Kier alpha value is -2.61. The number of carbonyl (C=O) groups excluding carboxylic acids is 1. The first-order chi connectivity index (χ1) is 14.5. The maximum atomic E-state index is 13.1. The molecule has 1 aliphatic carbocycles. The molecule has 0 saturated heterocycles. The highest BCUT2D eigenvalue weighted by molar-refractivity contribution is 8.00. The highest BCUT2D eigenvalue weighted by Crippen LogP contribution is 2.28. The van der Waals surface area contributed by atoms with Crippen LogP contribution in [0.5, 0.6) is 0 Å². The highest BCUT2D eigenvalue weighted by Gasteiger charge is 2.28. The number of hydrogen-bond donors (Lipinski definition) is 0. The summed E-state index contributed by atoms with van der Waals surface area (Å²) in [6, 6.07) is 7.74. The van der Waals surface area contributed by atoms with Crippen LogP contribution in [0.15, 0.2) is 46.9 Å². The maximum absolute atomic E-state index is 13.1. The summed E-state index contributed by atoms with van der Waals surface area (Å²) in [5.74, 6) is 0.564. The van der Waals surface area contributed by atoms with Crippen molar-refractivity contribution in [3.8, 4) is 0 Å². The first kappa shape index (κ1) is 20.7. The average molecular weight is 426 g/mol. The molecule has 0 radical (unpaired) electrons. The minimum absolute atomic E-state index is 0.104. The molecule has 30 heavy (non-hydrogen) atoms. The SMILES string of the molecule is C=CCn1c(=O)c2ccccc2n2c(SC(C)C(=O)N(C)C3CCCCC3)nnc12. The Bertz CT molecular complexity index is 1150. The maximum Gasteiger partial charge on any atom is 0.263 e. The van der Waals surface area contributed by atoms with Crippen LogP contribution < -0.4 is 5.56 Å². The Balaban J connectivity index is 1.70. The molecule has 2 aromatic heterocycles. The molecule has 1 atom stereocenters. The van der Waals surface area contributed by atoms with Crippen LogP contribution in [-0.4, -0.2) is 48.3 Å². The van der Waals surface area contributed by atoms with Gasteiger partial charge in [0.15, 0.2) is 5.16 Å². The van der Waals surface area contributed by atoms with Crippen LogP contribution in [-0.2, 0) is 11.3 Å². The van der Waals surface area contributed by atoms with Crippen molar-refractivity contribution < 1.29 is 4.79 Å². The van der Waals surface area contributed by atoms with Crippen molar-refractivity contribution in [2.24, 2.45) is 0 Å². The third-order valence-electron chi connectivity index (χ3n) is 5.89. The lowest BCUT2D eigenvalue weighted by atomic mass is 9.94. The molecule has 2 heterocycles. The summed E-state index contributed by atoms with van der Waals surface area (Å²) in [5, 5.41) is 9.51. The van der Waals surface area contributed by atoms with Crippen LogP contribution in [0.1, 0.15) is 39.0 Å². The van der Waals surface area contributed by atoms with Crippen LogP contribution >= 0.6 is 11.8 Å². The zero-order valence-corrected chi connectivity index (χ0v) is 18.3. The van der Waals surface area contributed by atoms with Crippen molar-refractivity contribution in [2.45, 2.75) is 62.0 Å². The molecule has 1 amide bonds. The molecular formula is C22H27N5O2S. The van der Waals surface area contributed by atoms with E-state index in [1.165, 1.54) is 31.0 Å². The third-order valence-corrected chi connectivity index (χ3v) is 6.92. The van der Waals surface area contributed by atoms with Gasteiger partial charge in [-0.1, -0.05) is 49.2 Å². The van der Waals surface area contributed by atoms with Crippen molar-refractivity contribution >= 4 is 34.3 Å². The highest BCUT2D eigenvalue weighted by atomic mass is 32.2. The van der Waals surface area contributed by atoms with E-state index in [9.17, 15) is 9.59 Å². The molecular weight excluding hydrogens is 398 g/mol. The predicted octanol–water partition coefficient (Wildman–Crippen LogP) is 3.50. The number of thioether (sulfide) groups is 1. The molecule has 0 N–H and O–H groups in total. The second-order valence-electron chi connectivity index (χ2n) is 7.84. The van der Waals surface area contributed by atoms with E-state index < -0.39 is 0 Å². The lowest BCUT2D eigenvalue weighted by Gasteiger charge is -2.32. The summed E-state index contributed by atoms with van der Waals surface area (Å²) >= 11 is 1.38. The topological polar surface area (TPSA) is 72.5 Å². The normalized spacial score (nSPS) is 16.1. The molecule has 1 fully saturated rings. The number of rotatable bonds is 6. The van der Waals surface area contributed by atoms with Crippen molar-refractivity contribution in [1.82, 2.24) is 24.1 Å². The van der Waals surface area contributed by atoms with Gasteiger partial charge in [-0.15, -0.1) is 16.8 Å². The minimum atomic E-state index is -0.303. The summed E-state index contributed by atoms with van der Waals surface area (Å²) in [6.07, 6.45) is 7.45. The molecule has 8 heteroatoms. The molecule has 0 aliphatic heterocycles. The number of aromatic nitrogens is 4. The summed E-state index contributed by atoms with van der Waals surface area (Å²) < 4.78 is 3.43. The number of para-hydroxylation sites is 1. The van der Waals surface area contributed by atoms with Gasteiger partial charge in [0.2, 0.25) is 11.7 Å². The van der Waals surface area contributed by atoms with Crippen LogP contribution in [0.4, 0.5) is 0 Å². The molecule has 1 saturated carbocycles. The van der Waals surface area contributed by atoms with E-state index in [1.807, 2.05) is 41.5 Å². The number of allylic oxidation sites excluding steroid dienone is 1. The van der Waals surface area contributed by atoms with Crippen LogP contribution in [0.2, 0.25) is 0 Å². The lowest BCUT2D eigenvalue weighted by Crippen LogP contribution is -2.42. The Morgan fingerprint density at radius 3 is 2.77 bits per heavy atom. The van der Waals surface area contributed by atoms with E-state index in [-0.39, 0.29) is 16.7 Å². The number of nitrogens with zero attached hydrogens (tertiary/aromatic N) is 5. The van der Waals surface area contributed by atoms with Crippen molar-refractivity contribution in [1.29, 1.82) is 0 Å². The first-order valence-electron chi connectivity index (χ1n) is 10.4. The first-order valence-corrected chi connectivity index (χ1v) is 11.3. The monoisotopic (exact) mass is 425 g/mol. The van der Waals surface area contributed by atoms with Crippen LogP contribution in [0.25, 0.3) is 16.7 Å². The molecule has 0 spiro atoms. The zero-order valence-electron chi connectivity index (χ0n) is 17.5. The lowest BCUT2D eigenvalue weighted by molar-refractivity contribution is -0.131. The number of fused-ring (bicyclic) bond motifs is 3. The number of hydrogen-bond acceptors (Lipinski definition) is 5. The van der Waals surface area contributed by atoms with Gasteiger partial charge in [-0.2, -0.15) is 0 Å². The van der Waals surface area contributed by atoms with Crippen molar-refractivity contribution in [3.05, 3.63) is 47.3 Å². The fourth-order valence-corrected chi connectivity index (χ4v) is 5.20. The predicted molar refractivity (Wildman–Crippen MR) is 120 cm³/mol. The van der Waals surface area contributed by atoms with Gasteiger partial charge in [-0.25, -0.2) is 0 Å². The van der Waals surface area contributed by atoms with Crippen molar-refractivity contribution in [3.63, 3.8) is 0 Å². The smallest absolute Gasteiger partial charge is 0.263 e. The molecule has 158 valence electrons. The number of carbonyl (C=O) groups is 1. The summed E-state index contributed by atoms with van der Waals surface area (Å²) in [6.45, 7) is 6.01. The Morgan fingerprint density at radius 2 is 2.03 bits per heavy atom. The second kappa shape index (κ2) is 8.63. The standard InChI is InChI=1S/C22H27N5O2S/c1-4-14-26-20(29)17-12-8-9-13-18(17)27-21(26)23-24-22(27)30-15(2)19(28)25(3)16-10-6-5-7-11-16/h4,8-9,12-13,15-16H,1,5-7,10-11,14H2,2-3H3. The second-order valence-corrected chi connectivity index (χ2v) is 9.15. The quantitative estimate of drug-likeness (QED) is 0.446. The van der Waals surface area contributed by atoms with E-state index in [0.717, 1.165) is 18.4 Å². The third kappa shape index (κ3) is 3.64. The summed E-state index contributed by atoms with van der Waals surface area (Å²) in [5.41, 5.74) is 0.619. The van der Waals surface area contributed by atoms with E-state index in [4.69, 9.17) is 0 Å². The largest absolute Gasteiger partial charge is 0.342 e. The van der Waals surface area contributed by atoms with Gasteiger partial charge in [0.25, 0.3) is 5.56 Å². The Labute approximate surface area is 179 Å². The van der Waals surface area contributed by atoms with Crippen LogP contribution in [0.3, 0.4) is 0 Å². The molecule has 3 aromatic rings. The zero-order chi connectivity index (χ0) is 21.3. The van der Waals surface area contributed by atoms with Gasteiger partial charge >= 0.3 is 0 Å². The Morgan fingerprint density at radius 1 is 1.30 bits per heavy atom. The number of amides is 1. The molecule has 1 unspecified atom stereocenters. The molecule has 4 rings (SSSR count). The van der Waals surface area contributed by atoms with E-state index >= 15 is 0 Å². The van der Waals surface area contributed by atoms with Gasteiger partial charge in [0, 0.05) is 19.6 Å². The molecule has 1 aromatic carbocycles. The van der Waals surface area contributed by atoms with E-state index in [0.29, 0.717) is 28.9 Å². The Kier molecular flexibility index (Phi) is 5.94. The van der Waals surface area contributed by atoms with Gasteiger partial charge < -0.3 is 4.90 Å². The molecule has 1 aliphatic rings. The molecule has 0 bridgehead atoms. The fraction of sp³-hybridized carbons (Fsp3) is 0.455. The van der Waals surface area contributed by atoms with Gasteiger partial charge in [-0.3, -0.25) is 18.6 Å². The van der Waals surface area contributed by atoms with Gasteiger partial charge in [-0.05, 0) is 31.9 Å². The summed E-state index contributed by atoms with van der Waals surface area (Å²) in [4.78, 5) is 27.9. The van der Waals surface area contributed by atoms with Gasteiger partial charge in [0.1, 0.15) is 0 Å².